The molecule has 88 valence electrons. The number of ether oxygens (including phenoxy) is 1. The van der Waals surface area contributed by atoms with Gasteiger partial charge in [-0.1, -0.05) is 28.1 Å². The lowest BCUT2D eigenvalue weighted by atomic mass is 9.78. The smallest absolute Gasteiger partial charge is 0.147 e. The fraction of sp³-hybridized carbons (Fsp3) is 0.333. The first-order valence-electron chi connectivity index (χ1n) is 5.41. The summed E-state index contributed by atoms with van der Waals surface area (Å²) in [5.41, 5.74) is 1.07. The van der Waals surface area contributed by atoms with Gasteiger partial charge >= 0.3 is 0 Å². The van der Waals surface area contributed by atoms with E-state index >= 15 is 0 Å². The van der Waals surface area contributed by atoms with Crippen LogP contribution in [-0.2, 0) is 17.2 Å². The molecule has 1 aromatic carbocycles. The van der Waals surface area contributed by atoms with Crippen molar-refractivity contribution in [2.45, 2.75) is 5.41 Å². The van der Waals surface area contributed by atoms with Crippen LogP contribution in [0.5, 0.6) is 0 Å². The first-order chi connectivity index (χ1) is 8.22. The van der Waals surface area contributed by atoms with E-state index in [1.807, 2.05) is 23.7 Å². The van der Waals surface area contributed by atoms with E-state index in [1.165, 1.54) is 5.56 Å². The molecule has 4 nitrogen and oxygen atoms in total. The largest absolute Gasteiger partial charge is 0.378 e. The van der Waals surface area contributed by atoms with Gasteiger partial charge in [0.15, 0.2) is 0 Å². The monoisotopic (exact) mass is 293 g/mol. The Bertz CT molecular complexity index is 548. The average molecular weight is 294 g/mol. The summed E-state index contributed by atoms with van der Waals surface area (Å²) in [5.74, 6) is 0.960. The van der Waals surface area contributed by atoms with E-state index in [0.29, 0.717) is 13.2 Å². The fourth-order valence-corrected chi connectivity index (χ4v) is 2.63. The molecule has 0 N–H and O–H groups in total. The molecule has 0 atom stereocenters. The minimum absolute atomic E-state index is 0.144. The van der Waals surface area contributed by atoms with Crippen molar-refractivity contribution in [2.24, 2.45) is 7.05 Å². The molecule has 2 aromatic rings. The van der Waals surface area contributed by atoms with Crippen molar-refractivity contribution in [1.82, 2.24) is 14.8 Å². The van der Waals surface area contributed by atoms with Crippen molar-refractivity contribution in [2.75, 3.05) is 13.2 Å². The number of rotatable bonds is 2. The molecule has 0 amide bonds. The third-order valence-electron chi connectivity index (χ3n) is 3.21. The third-order valence-corrected chi connectivity index (χ3v) is 3.71. The second-order valence-electron chi connectivity index (χ2n) is 4.35. The Morgan fingerprint density at radius 2 is 2.24 bits per heavy atom. The summed E-state index contributed by atoms with van der Waals surface area (Å²) in [6, 6.07) is 8.29. The molecule has 1 aliphatic heterocycles. The number of nitrogens with zero attached hydrogens (tertiary/aromatic N) is 3. The predicted molar refractivity (Wildman–Crippen MR) is 66.7 cm³/mol. The highest BCUT2D eigenvalue weighted by atomic mass is 79.9. The van der Waals surface area contributed by atoms with Crippen molar-refractivity contribution < 1.29 is 4.74 Å². The maximum Gasteiger partial charge on any atom is 0.147 e. The number of aryl methyl sites for hydroxylation is 1. The molecule has 3 rings (SSSR count). The number of benzene rings is 1. The highest BCUT2D eigenvalue weighted by Gasteiger charge is 2.45. The predicted octanol–water partition coefficient (Wildman–Crippen LogP) is 1.89. The lowest BCUT2D eigenvalue weighted by molar-refractivity contribution is -0.0435. The van der Waals surface area contributed by atoms with Gasteiger partial charge in [-0.3, -0.25) is 0 Å². The van der Waals surface area contributed by atoms with Gasteiger partial charge in [-0.2, -0.15) is 0 Å². The fourth-order valence-electron chi connectivity index (χ4n) is 2.23. The highest BCUT2D eigenvalue weighted by molar-refractivity contribution is 9.10. The molecule has 0 spiro atoms. The third kappa shape index (κ3) is 1.61. The second-order valence-corrected chi connectivity index (χ2v) is 5.27. The Hall–Kier alpha value is -1.20. The van der Waals surface area contributed by atoms with Gasteiger partial charge in [-0.05, 0) is 17.7 Å². The van der Waals surface area contributed by atoms with Crippen molar-refractivity contribution in [3.05, 3.63) is 46.5 Å². The summed E-state index contributed by atoms with van der Waals surface area (Å²) in [6.07, 6.45) is 1.73. The van der Waals surface area contributed by atoms with Gasteiger partial charge in [0.05, 0.1) is 13.2 Å². The number of hydrogen-bond donors (Lipinski definition) is 0. The first-order valence-corrected chi connectivity index (χ1v) is 6.20. The summed E-state index contributed by atoms with van der Waals surface area (Å²) in [6.45, 7) is 1.33. The molecule has 1 aliphatic rings. The van der Waals surface area contributed by atoms with Crippen molar-refractivity contribution in [3.63, 3.8) is 0 Å². The number of aromatic nitrogens is 3. The summed E-state index contributed by atoms with van der Waals surface area (Å²) < 4.78 is 8.45. The van der Waals surface area contributed by atoms with Crippen LogP contribution in [0, 0.1) is 0 Å². The quantitative estimate of drug-likeness (QED) is 0.849. The summed E-state index contributed by atoms with van der Waals surface area (Å²) in [4.78, 5) is 0. The molecule has 5 heteroatoms. The van der Waals surface area contributed by atoms with Crippen LogP contribution in [0.4, 0.5) is 0 Å². The van der Waals surface area contributed by atoms with Crippen LogP contribution in [-0.4, -0.2) is 28.0 Å². The molecular formula is C12H12BrN3O. The Labute approximate surface area is 108 Å². The Kier molecular flexibility index (Phi) is 2.52. The molecule has 17 heavy (non-hydrogen) atoms. The van der Waals surface area contributed by atoms with Crippen molar-refractivity contribution in [1.29, 1.82) is 0 Å². The Morgan fingerprint density at radius 1 is 1.41 bits per heavy atom. The summed E-state index contributed by atoms with van der Waals surface area (Å²) >= 11 is 3.51. The van der Waals surface area contributed by atoms with Gasteiger partial charge in [0, 0.05) is 11.5 Å². The minimum atomic E-state index is -0.144. The molecule has 1 fully saturated rings. The lowest BCUT2D eigenvalue weighted by Gasteiger charge is -2.40. The first kappa shape index (κ1) is 10.9. The zero-order valence-corrected chi connectivity index (χ0v) is 11.0. The lowest BCUT2D eigenvalue weighted by Crippen LogP contribution is -2.49. The van der Waals surface area contributed by atoms with Crippen LogP contribution in [0.3, 0.4) is 0 Å². The van der Waals surface area contributed by atoms with Crippen LogP contribution in [0.2, 0.25) is 0 Å². The second kappa shape index (κ2) is 3.92. The van der Waals surface area contributed by atoms with Gasteiger partial charge < -0.3 is 9.30 Å². The zero-order chi connectivity index (χ0) is 11.9. The topological polar surface area (TPSA) is 39.9 Å². The SMILES string of the molecule is Cn1cnnc1C1(c2cccc(Br)c2)COC1. The van der Waals surface area contributed by atoms with Gasteiger partial charge in [-0.25, -0.2) is 0 Å². The highest BCUT2D eigenvalue weighted by Crippen LogP contribution is 2.38. The minimum Gasteiger partial charge on any atom is -0.378 e. The number of halogens is 1. The molecule has 1 aromatic heterocycles. The van der Waals surface area contributed by atoms with Gasteiger partial charge in [0.25, 0.3) is 0 Å². The summed E-state index contributed by atoms with van der Waals surface area (Å²) in [5, 5.41) is 8.20. The standard InChI is InChI=1S/C12H12BrN3O/c1-16-8-14-15-11(16)12(6-17-7-12)9-3-2-4-10(13)5-9/h2-5,8H,6-7H2,1H3. The van der Waals surface area contributed by atoms with Crippen LogP contribution >= 0.6 is 15.9 Å². The zero-order valence-electron chi connectivity index (χ0n) is 9.43. The van der Waals surface area contributed by atoms with E-state index < -0.39 is 0 Å². The summed E-state index contributed by atoms with van der Waals surface area (Å²) in [7, 11) is 1.97. The molecule has 2 heterocycles. The normalized spacial score (nSPS) is 17.8. The van der Waals surface area contributed by atoms with Crippen LogP contribution in [0.1, 0.15) is 11.4 Å². The van der Waals surface area contributed by atoms with Crippen LogP contribution in [0.25, 0.3) is 0 Å². The molecule has 0 unspecified atom stereocenters. The number of hydrogen-bond acceptors (Lipinski definition) is 3. The molecule has 1 saturated heterocycles. The van der Waals surface area contributed by atoms with E-state index in [4.69, 9.17) is 4.74 Å². The average Bonchev–Trinajstić information content (AvgIpc) is 2.64. The van der Waals surface area contributed by atoms with E-state index in [-0.39, 0.29) is 5.41 Å². The molecule has 0 radical (unpaired) electrons. The maximum atomic E-state index is 5.41. The Balaban J connectivity index is 2.12. The molecule has 0 aliphatic carbocycles. The van der Waals surface area contributed by atoms with E-state index in [1.54, 1.807) is 6.33 Å². The van der Waals surface area contributed by atoms with Crippen LogP contribution in [0.15, 0.2) is 35.1 Å². The van der Waals surface area contributed by atoms with E-state index in [2.05, 4.69) is 38.3 Å². The van der Waals surface area contributed by atoms with Gasteiger partial charge in [-0.15, -0.1) is 10.2 Å². The molecule has 0 bridgehead atoms. The van der Waals surface area contributed by atoms with Crippen molar-refractivity contribution in [3.8, 4) is 0 Å². The van der Waals surface area contributed by atoms with E-state index in [0.717, 1.165) is 10.3 Å². The Morgan fingerprint density at radius 3 is 2.76 bits per heavy atom. The molecular weight excluding hydrogens is 282 g/mol. The molecule has 0 saturated carbocycles. The van der Waals surface area contributed by atoms with Gasteiger partial charge in [0.2, 0.25) is 0 Å². The van der Waals surface area contributed by atoms with Gasteiger partial charge in [0.1, 0.15) is 17.6 Å². The maximum absolute atomic E-state index is 5.41. The van der Waals surface area contributed by atoms with E-state index in [9.17, 15) is 0 Å². The van der Waals surface area contributed by atoms with Crippen molar-refractivity contribution >= 4 is 15.9 Å². The van der Waals surface area contributed by atoms with Crippen LogP contribution < -0.4 is 0 Å².